The van der Waals surface area contributed by atoms with Gasteiger partial charge in [0, 0.05) is 19.7 Å². The number of aryl methyl sites for hydroxylation is 1. The van der Waals surface area contributed by atoms with E-state index in [4.69, 9.17) is 9.47 Å². The molecule has 0 aliphatic heterocycles. The molecule has 0 aromatic heterocycles. The minimum Gasteiger partial charge on any atom is -0.497 e. The second-order valence-electron chi connectivity index (χ2n) is 8.98. The van der Waals surface area contributed by atoms with Crippen molar-refractivity contribution in [3.8, 4) is 11.5 Å². The van der Waals surface area contributed by atoms with Crippen LogP contribution in [-0.2, 0) is 26.0 Å². The fourth-order valence-corrected chi connectivity index (χ4v) is 5.54. The lowest BCUT2D eigenvalue weighted by Gasteiger charge is -2.32. The number of ether oxygens (including phenoxy) is 2. The van der Waals surface area contributed by atoms with Gasteiger partial charge in [0.1, 0.15) is 24.1 Å². The Morgan fingerprint density at radius 3 is 2.21 bits per heavy atom. The molecule has 0 spiro atoms. The van der Waals surface area contributed by atoms with Crippen LogP contribution in [0.2, 0.25) is 0 Å². The van der Waals surface area contributed by atoms with Crippen LogP contribution in [-0.4, -0.2) is 65.5 Å². The largest absolute Gasteiger partial charge is 0.497 e. The van der Waals surface area contributed by atoms with Crippen LogP contribution in [0.25, 0.3) is 0 Å². The Bertz CT molecular complexity index is 1380. The third kappa shape index (κ3) is 7.08. The van der Waals surface area contributed by atoms with E-state index in [0.717, 1.165) is 15.4 Å². The number of sulfonamides is 1. The van der Waals surface area contributed by atoms with E-state index in [0.29, 0.717) is 12.2 Å². The van der Waals surface area contributed by atoms with Gasteiger partial charge in [0.2, 0.25) is 11.8 Å². The van der Waals surface area contributed by atoms with Gasteiger partial charge in [-0.15, -0.1) is 0 Å². The number of hydrogen-bond donors (Lipinski definition) is 1. The summed E-state index contributed by atoms with van der Waals surface area (Å²) < 4.78 is 39.8. The molecule has 208 valence electrons. The van der Waals surface area contributed by atoms with E-state index in [2.05, 4.69) is 5.32 Å². The molecule has 3 aromatic carbocycles. The summed E-state index contributed by atoms with van der Waals surface area (Å²) in [6, 6.07) is 19.8. The van der Waals surface area contributed by atoms with Gasteiger partial charge in [-0.05, 0) is 50.1 Å². The number of carbonyl (C=O) groups excluding carboxylic acids is 2. The van der Waals surface area contributed by atoms with Crippen LogP contribution < -0.4 is 19.1 Å². The highest BCUT2D eigenvalue weighted by atomic mass is 32.2. The monoisotopic (exact) mass is 553 g/mol. The molecule has 0 aliphatic rings. The molecular weight excluding hydrogens is 518 g/mol. The van der Waals surface area contributed by atoms with Crippen molar-refractivity contribution in [2.24, 2.45) is 0 Å². The molecule has 2 amide bonds. The van der Waals surface area contributed by atoms with Gasteiger partial charge in [0.25, 0.3) is 10.0 Å². The number of benzene rings is 3. The molecule has 10 heteroatoms. The van der Waals surface area contributed by atoms with Crippen LogP contribution in [0.5, 0.6) is 11.5 Å². The minimum atomic E-state index is -4.23. The van der Waals surface area contributed by atoms with E-state index in [-0.39, 0.29) is 28.8 Å². The number of rotatable bonds is 12. The van der Waals surface area contributed by atoms with E-state index in [1.165, 1.54) is 44.4 Å². The van der Waals surface area contributed by atoms with E-state index in [1.54, 1.807) is 31.2 Å². The van der Waals surface area contributed by atoms with Crippen molar-refractivity contribution in [1.82, 2.24) is 10.2 Å². The number of likely N-dealkylation sites (N-methyl/N-ethyl adjacent to an activating group) is 1. The second kappa shape index (κ2) is 13.1. The lowest BCUT2D eigenvalue weighted by atomic mass is 10.1. The van der Waals surface area contributed by atoms with Gasteiger partial charge in [-0.25, -0.2) is 8.42 Å². The van der Waals surface area contributed by atoms with Crippen LogP contribution in [0.1, 0.15) is 18.1 Å². The van der Waals surface area contributed by atoms with E-state index in [1.807, 2.05) is 37.3 Å². The van der Waals surface area contributed by atoms with Gasteiger partial charge in [0.15, 0.2) is 0 Å². The van der Waals surface area contributed by atoms with Crippen molar-refractivity contribution < 1.29 is 27.5 Å². The van der Waals surface area contributed by atoms with Crippen molar-refractivity contribution >= 4 is 27.5 Å². The van der Waals surface area contributed by atoms with Gasteiger partial charge in [0.05, 0.1) is 24.8 Å². The van der Waals surface area contributed by atoms with E-state index >= 15 is 0 Å². The molecule has 1 atom stereocenters. The summed E-state index contributed by atoms with van der Waals surface area (Å²) in [5, 5.41) is 2.58. The Morgan fingerprint density at radius 1 is 0.949 bits per heavy atom. The van der Waals surface area contributed by atoms with E-state index in [9.17, 15) is 18.0 Å². The quantitative estimate of drug-likeness (QED) is 0.369. The zero-order valence-corrected chi connectivity index (χ0v) is 23.7. The maximum absolute atomic E-state index is 14.0. The van der Waals surface area contributed by atoms with Gasteiger partial charge < -0.3 is 19.7 Å². The summed E-state index contributed by atoms with van der Waals surface area (Å²) in [5.74, 6) is -0.262. The van der Waals surface area contributed by atoms with Crippen LogP contribution >= 0.6 is 0 Å². The summed E-state index contributed by atoms with van der Waals surface area (Å²) >= 11 is 0. The molecule has 3 aromatic rings. The number of amides is 2. The number of nitrogens with zero attached hydrogens (tertiary/aromatic N) is 2. The predicted octanol–water partition coefficient (Wildman–Crippen LogP) is 3.41. The fourth-order valence-electron chi connectivity index (χ4n) is 4.12. The Morgan fingerprint density at radius 2 is 1.62 bits per heavy atom. The standard InChI is InChI=1S/C29H35N3O6S/c1-21-11-14-25(15-12-21)39(35,36)32(26-19-24(37-4)13-16-27(26)38-5)20-28(33)31(22(2)29(34)30-3)18-17-23-9-7-6-8-10-23/h6-16,19,22H,17-18,20H2,1-5H3,(H,30,34). The van der Waals surface area contributed by atoms with Crippen molar-refractivity contribution in [3.63, 3.8) is 0 Å². The van der Waals surface area contributed by atoms with Gasteiger partial charge in [-0.3, -0.25) is 13.9 Å². The Kier molecular flexibility index (Phi) is 9.95. The summed E-state index contributed by atoms with van der Waals surface area (Å²) in [6.45, 7) is 3.13. The third-order valence-corrected chi connectivity index (χ3v) is 8.21. The smallest absolute Gasteiger partial charge is 0.264 e. The lowest BCUT2D eigenvalue weighted by molar-refractivity contribution is -0.138. The zero-order valence-electron chi connectivity index (χ0n) is 22.9. The molecule has 39 heavy (non-hydrogen) atoms. The molecule has 1 unspecified atom stereocenters. The number of methoxy groups -OCH3 is 2. The molecule has 0 saturated heterocycles. The summed E-state index contributed by atoms with van der Waals surface area (Å²) in [4.78, 5) is 27.9. The topological polar surface area (TPSA) is 105 Å². The molecule has 0 radical (unpaired) electrons. The molecule has 3 rings (SSSR count). The van der Waals surface area contributed by atoms with Gasteiger partial charge >= 0.3 is 0 Å². The highest BCUT2D eigenvalue weighted by molar-refractivity contribution is 7.92. The summed E-state index contributed by atoms with van der Waals surface area (Å²) in [5.41, 5.74) is 2.02. The molecule has 0 saturated carbocycles. The van der Waals surface area contributed by atoms with Crippen molar-refractivity contribution in [2.45, 2.75) is 31.2 Å². The van der Waals surface area contributed by atoms with Crippen molar-refractivity contribution in [3.05, 3.63) is 83.9 Å². The van der Waals surface area contributed by atoms with Crippen molar-refractivity contribution in [1.29, 1.82) is 0 Å². The SMILES string of the molecule is CNC(=O)C(C)N(CCc1ccccc1)C(=O)CN(c1cc(OC)ccc1OC)S(=O)(=O)c1ccc(C)cc1. The first-order valence-corrected chi connectivity index (χ1v) is 13.9. The van der Waals surface area contributed by atoms with Gasteiger partial charge in [-0.1, -0.05) is 48.0 Å². The molecule has 0 bridgehead atoms. The minimum absolute atomic E-state index is 0.0148. The Balaban J connectivity index is 2.07. The summed E-state index contributed by atoms with van der Waals surface area (Å²) in [7, 11) is 0.153. The maximum atomic E-state index is 14.0. The molecular formula is C29H35N3O6S. The second-order valence-corrected chi connectivity index (χ2v) is 10.8. The summed E-state index contributed by atoms with van der Waals surface area (Å²) in [6.07, 6.45) is 0.487. The normalized spacial score (nSPS) is 11.8. The predicted molar refractivity (Wildman–Crippen MR) is 151 cm³/mol. The van der Waals surface area contributed by atoms with Crippen LogP contribution in [0.3, 0.4) is 0 Å². The molecule has 9 nitrogen and oxygen atoms in total. The number of hydrogen-bond acceptors (Lipinski definition) is 6. The number of nitrogens with one attached hydrogen (secondary N) is 1. The zero-order chi connectivity index (χ0) is 28.6. The highest BCUT2D eigenvalue weighted by Crippen LogP contribution is 2.36. The molecule has 0 heterocycles. The third-order valence-electron chi connectivity index (χ3n) is 6.44. The first kappa shape index (κ1) is 29.5. The molecule has 0 aliphatic carbocycles. The first-order valence-electron chi connectivity index (χ1n) is 12.5. The Hall–Kier alpha value is -4.05. The molecule has 1 N–H and O–H groups in total. The van der Waals surface area contributed by atoms with Crippen LogP contribution in [0, 0.1) is 6.92 Å². The van der Waals surface area contributed by atoms with Crippen molar-refractivity contribution in [2.75, 3.05) is 38.7 Å². The van der Waals surface area contributed by atoms with Crippen LogP contribution in [0.4, 0.5) is 5.69 Å². The first-order chi connectivity index (χ1) is 18.6. The average molecular weight is 554 g/mol. The fraction of sp³-hybridized carbons (Fsp3) is 0.310. The van der Waals surface area contributed by atoms with E-state index < -0.39 is 28.5 Å². The highest BCUT2D eigenvalue weighted by Gasteiger charge is 2.33. The average Bonchev–Trinajstić information content (AvgIpc) is 2.95. The maximum Gasteiger partial charge on any atom is 0.264 e. The Labute approximate surface area is 230 Å². The lowest BCUT2D eigenvalue weighted by Crippen LogP contribution is -2.51. The number of anilines is 1. The molecule has 0 fully saturated rings. The number of carbonyl (C=O) groups is 2. The van der Waals surface area contributed by atoms with Gasteiger partial charge in [-0.2, -0.15) is 0 Å². The van der Waals surface area contributed by atoms with Crippen LogP contribution in [0.15, 0.2) is 77.7 Å².